The zero-order valence-electron chi connectivity index (χ0n) is 8.49. The van der Waals surface area contributed by atoms with Gasteiger partial charge in [0.2, 0.25) is 0 Å². The van der Waals surface area contributed by atoms with E-state index in [9.17, 15) is 4.79 Å². The fourth-order valence-electron chi connectivity index (χ4n) is 1.95. The first-order chi connectivity index (χ1) is 6.66. The maximum atomic E-state index is 11.0. The standard InChI is InChI=1S/C9H15N3OS/c1-6-3-4-12(2)5-7(6)8-10-11-9(13)14-8/h6-7H,3-5H2,1-2H3,(H,11,13)/t6-,7+/m1/s1. The van der Waals surface area contributed by atoms with Crippen molar-refractivity contribution in [3.05, 3.63) is 14.7 Å². The second-order valence-corrected chi connectivity index (χ2v) is 5.08. The number of aromatic nitrogens is 2. The van der Waals surface area contributed by atoms with Gasteiger partial charge in [-0.1, -0.05) is 18.3 Å². The van der Waals surface area contributed by atoms with Gasteiger partial charge < -0.3 is 4.90 Å². The van der Waals surface area contributed by atoms with Crippen molar-refractivity contribution in [1.29, 1.82) is 0 Å². The van der Waals surface area contributed by atoms with E-state index in [1.54, 1.807) is 0 Å². The first-order valence-electron chi connectivity index (χ1n) is 4.91. The van der Waals surface area contributed by atoms with Gasteiger partial charge in [0.1, 0.15) is 5.01 Å². The minimum absolute atomic E-state index is 0.0413. The molecule has 2 rings (SSSR count). The Morgan fingerprint density at radius 1 is 1.64 bits per heavy atom. The number of nitrogens with one attached hydrogen (secondary N) is 1. The minimum Gasteiger partial charge on any atom is -0.306 e. The summed E-state index contributed by atoms with van der Waals surface area (Å²) in [6, 6.07) is 0. The predicted octanol–water partition coefficient (Wildman–Crippen LogP) is 0.887. The zero-order chi connectivity index (χ0) is 10.1. The SMILES string of the molecule is C[C@@H]1CCN(C)C[C@@H]1c1n[nH]c(=O)s1. The zero-order valence-corrected chi connectivity index (χ0v) is 9.30. The summed E-state index contributed by atoms with van der Waals surface area (Å²) in [6.45, 7) is 4.41. The molecular formula is C9H15N3OS. The first kappa shape index (κ1) is 9.86. The summed E-state index contributed by atoms with van der Waals surface area (Å²) in [5.41, 5.74) is 0. The Balaban J connectivity index is 2.19. The third kappa shape index (κ3) is 1.88. The lowest BCUT2D eigenvalue weighted by Crippen LogP contribution is -2.35. The van der Waals surface area contributed by atoms with Gasteiger partial charge in [-0.2, -0.15) is 5.10 Å². The molecule has 0 spiro atoms. The van der Waals surface area contributed by atoms with Gasteiger partial charge in [-0.05, 0) is 25.9 Å². The van der Waals surface area contributed by atoms with Crippen LogP contribution in [0.3, 0.4) is 0 Å². The molecule has 2 heterocycles. The number of aromatic amines is 1. The number of nitrogens with zero attached hydrogens (tertiary/aromatic N) is 2. The number of hydrogen-bond acceptors (Lipinski definition) is 4. The van der Waals surface area contributed by atoms with Crippen molar-refractivity contribution in [3.63, 3.8) is 0 Å². The van der Waals surface area contributed by atoms with E-state index in [0.717, 1.165) is 18.1 Å². The van der Waals surface area contributed by atoms with Crippen LogP contribution in [0.25, 0.3) is 0 Å². The Labute approximate surface area is 86.9 Å². The molecular weight excluding hydrogens is 198 g/mol. The third-order valence-corrected chi connectivity index (χ3v) is 3.81. The third-order valence-electron chi connectivity index (χ3n) is 2.93. The van der Waals surface area contributed by atoms with Crippen LogP contribution >= 0.6 is 11.3 Å². The first-order valence-corrected chi connectivity index (χ1v) is 5.72. The fourth-order valence-corrected chi connectivity index (χ4v) is 2.78. The molecule has 1 fully saturated rings. The van der Waals surface area contributed by atoms with Crippen molar-refractivity contribution in [2.75, 3.05) is 20.1 Å². The molecule has 4 nitrogen and oxygen atoms in total. The number of piperidine rings is 1. The highest BCUT2D eigenvalue weighted by molar-refractivity contribution is 7.08. The van der Waals surface area contributed by atoms with Gasteiger partial charge in [-0.15, -0.1) is 0 Å². The van der Waals surface area contributed by atoms with Gasteiger partial charge >= 0.3 is 4.87 Å². The van der Waals surface area contributed by atoms with E-state index in [2.05, 4.69) is 29.1 Å². The van der Waals surface area contributed by atoms with Crippen LogP contribution in [-0.2, 0) is 0 Å². The number of rotatable bonds is 1. The summed E-state index contributed by atoms with van der Waals surface area (Å²) < 4.78 is 0. The van der Waals surface area contributed by atoms with E-state index in [4.69, 9.17) is 0 Å². The minimum atomic E-state index is -0.0413. The number of H-pyrrole nitrogens is 1. The van der Waals surface area contributed by atoms with Gasteiger partial charge in [0.05, 0.1) is 0 Å². The monoisotopic (exact) mass is 213 g/mol. The topological polar surface area (TPSA) is 49.0 Å². The summed E-state index contributed by atoms with van der Waals surface area (Å²) >= 11 is 1.25. The lowest BCUT2D eigenvalue weighted by molar-refractivity contribution is 0.199. The average molecular weight is 213 g/mol. The second-order valence-electron chi connectivity index (χ2n) is 4.09. The maximum Gasteiger partial charge on any atom is 0.322 e. The van der Waals surface area contributed by atoms with Crippen molar-refractivity contribution in [2.24, 2.45) is 5.92 Å². The van der Waals surface area contributed by atoms with Gasteiger partial charge in [0, 0.05) is 12.5 Å². The molecule has 1 saturated heterocycles. The van der Waals surface area contributed by atoms with Gasteiger partial charge in [0.15, 0.2) is 0 Å². The fraction of sp³-hybridized carbons (Fsp3) is 0.778. The predicted molar refractivity (Wildman–Crippen MR) is 56.8 cm³/mol. The van der Waals surface area contributed by atoms with Crippen molar-refractivity contribution in [1.82, 2.24) is 15.1 Å². The Morgan fingerprint density at radius 2 is 2.43 bits per heavy atom. The number of hydrogen-bond donors (Lipinski definition) is 1. The van der Waals surface area contributed by atoms with Crippen LogP contribution in [0.1, 0.15) is 24.3 Å². The quantitative estimate of drug-likeness (QED) is 0.753. The van der Waals surface area contributed by atoms with E-state index in [0.29, 0.717) is 11.8 Å². The number of likely N-dealkylation sites (N-methyl/N-ethyl adjacent to an activating group) is 1. The smallest absolute Gasteiger partial charge is 0.306 e. The summed E-state index contributed by atoms with van der Waals surface area (Å²) in [4.78, 5) is 13.3. The lowest BCUT2D eigenvalue weighted by Gasteiger charge is -2.33. The largest absolute Gasteiger partial charge is 0.322 e. The highest BCUT2D eigenvalue weighted by Gasteiger charge is 2.28. The van der Waals surface area contributed by atoms with E-state index < -0.39 is 0 Å². The molecule has 0 aliphatic carbocycles. The van der Waals surface area contributed by atoms with Crippen molar-refractivity contribution >= 4 is 11.3 Å². The molecule has 0 bridgehead atoms. The molecule has 5 heteroatoms. The summed E-state index contributed by atoms with van der Waals surface area (Å²) in [6.07, 6.45) is 1.19. The van der Waals surface area contributed by atoms with E-state index in [-0.39, 0.29) is 4.87 Å². The molecule has 0 radical (unpaired) electrons. The van der Waals surface area contributed by atoms with Crippen molar-refractivity contribution in [2.45, 2.75) is 19.3 Å². The molecule has 1 aromatic rings. The second kappa shape index (κ2) is 3.82. The van der Waals surface area contributed by atoms with Crippen LogP contribution in [0.4, 0.5) is 0 Å². The Bertz CT molecular complexity index is 359. The van der Waals surface area contributed by atoms with Crippen LogP contribution in [0.2, 0.25) is 0 Å². The van der Waals surface area contributed by atoms with Gasteiger partial charge in [0.25, 0.3) is 0 Å². The van der Waals surface area contributed by atoms with Crippen LogP contribution in [0.15, 0.2) is 4.79 Å². The summed E-state index contributed by atoms with van der Waals surface area (Å²) in [5.74, 6) is 1.06. The van der Waals surface area contributed by atoms with E-state index >= 15 is 0 Å². The highest BCUT2D eigenvalue weighted by atomic mass is 32.1. The molecule has 14 heavy (non-hydrogen) atoms. The summed E-state index contributed by atoms with van der Waals surface area (Å²) in [7, 11) is 2.12. The molecule has 0 amide bonds. The summed E-state index contributed by atoms with van der Waals surface area (Å²) in [5, 5.41) is 7.54. The van der Waals surface area contributed by atoms with Crippen LogP contribution < -0.4 is 4.87 Å². The van der Waals surface area contributed by atoms with Crippen LogP contribution in [0.5, 0.6) is 0 Å². The number of likely N-dealkylation sites (tertiary alicyclic amines) is 1. The molecule has 78 valence electrons. The molecule has 1 aliphatic rings. The van der Waals surface area contributed by atoms with Crippen LogP contribution in [-0.4, -0.2) is 35.2 Å². The molecule has 0 unspecified atom stereocenters. The molecule has 0 saturated carbocycles. The molecule has 2 atom stereocenters. The van der Waals surface area contributed by atoms with E-state index in [1.807, 2.05) is 0 Å². The maximum absolute atomic E-state index is 11.0. The van der Waals surface area contributed by atoms with Gasteiger partial charge in [-0.25, -0.2) is 5.10 Å². The highest BCUT2D eigenvalue weighted by Crippen LogP contribution is 2.31. The molecule has 1 N–H and O–H groups in total. The van der Waals surface area contributed by atoms with Crippen LogP contribution in [0, 0.1) is 5.92 Å². The molecule has 1 aromatic heterocycles. The molecule has 1 aliphatic heterocycles. The lowest BCUT2D eigenvalue weighted by atomic mass is 9.88. The Kier molecular flexibility index (Phi) is 2.69. The normalized spacial score (nSPS) is 29.3. The molecule has 0 aromatic carbocycles. The van der Waals surface area contributed by atoms with Crippen molar-refractivity contribution < 1.29 is 0 Å². The van der Waals surface area contributed by atoms with E-state index in [1.165, 1.54) is 17.8 Å². The Hall–Kier alpha value is -0.680. The van der Waals surface area contributed by atoms with Crippen molar-refractivity contribution in [3.8, 4) is 0 Å². The Morgan fingerprint density at radius 3 is 3.07 bits per heavy atom. The average Bonchev–Trinajstić information content (AvgIpc) is 2.56. The van der Waals surface area contributed by atoms with Gasteiger partial charge in [-0.3, -0.25) is 4.79 Å².